The molecule has 0 atom stereocenters. The van der Waals surface area contributed by atoms with Gasteiger partial charge in [-0.2, -0.15) is 5.26 Å². The highest BCUT2D eigenvalue weighted by Crippen LogP contribution is 2.29. The smallest absolute Gasteiger partial charge is 0.227 e. The number of methoxy groups -OCH3 is 1. The van der Waals surface area contributed by atoms with Crippen LogP contribution in [0.5, 0.6) is 11.5 Å². The molecular weight excluding hydrogens is 442 g/mol. The molecular formula is C28H29N3O4. The number of hydrogen-bond acceptors (Lipinski definition) is 5. The molecule has 0 saturated heterocycles. The van der Waals surface area contributed by atoms with E-state index in [2.05, 4.69) is 11.4 Å². The largest absolute Gasteiger partial charge is 0.493 e. The molecule has 2 amide bonds. The third-order valence-corrected chi connectivity index (χ3v) is 5.34. The number of hydrogen-bond donors (Lipinski definition) is 1. The molecule has 0 spiro atoms. The van der Waals surface area contributed by atoms with Crippen molar-refractivity contribution in [2.75, 3.05) is 18.6 Å². The van der Waals surface area contributed by atoms with Crippen molar-refractivity contribution in [3.05, 3.63) is 90.0 Å². The second-order valence-electron chi connectivity index (χ2n) is 7.83. The Balaban J connectivity index is 1.50. The zero-order chi connectivity index (χ0) is 24.9. The van der Waals surface area contributed by atoms with E-state index in [0.29, 0.717) is 31.2 Å². The van der Waals surface area contributed by atoms with Crippen LogP contribution in [0.4, 0.5) is 5.69 Å². The van der Waals surface area contributed by atoms with E-state index in [9.17, 15) is 9.59 Å². The van der Waals surface area contributed by atoms with Crippen LogP contribution in [0.25, 0.3) is 0 Å². The molecule has 0 unspecified atom stereocenters. The molecule has 0 heterocycles. The fraction of sp³-hybridized carbons (Fsp3) is 0.250. The van der Waals surface area contributed by atoms with Crippen LogP contribution in [0.15, 0.2) is 78.9 Å². The number of nitrogens with one attached hydrogen (secondary N) is 1. The Labute approximate surface area is 205 Å². The Kier molecular flexibility index (Phi) is 9.70. The SMILES string of the molecule is COc1cc(CNC(=O)CCC(=O)N(CCC#N)c2ccccc2)ccc1OCc1ccccc1. The Morgan fingerprint density at radius 3 is 2.31 bits per heavy atom. The van der Waals surface area contributed by atoms with E-state index in [1.165, 1.54) is 0 Å². The molecule has 0 aromatic heterocycles. The van der Waals surface area contributed by atoms with Crippen molar-refractivity contribution in [2.24, 2.45) is 0 Å². The molecule has 0 bridgehead atoms. The Morgan fingerprint density at radius 2 is 1.63 bits per heavy atom. The summed E-state index contributed by atoms with van der Waals surface area (Å²) in [5, 5.41) is 11.8. The van der Waals surface area contributed by atoms with E-state index in [1.54, 1.807) is 12.0 Å². The van der Waals surface area contributed by atoms with Crippen LogP contribution in [0.3, 0.4) is 0 Å². The van der Waals surface area contributed by atoms with Gasteiger partial charge < -0.3 is 19.7 Å². The van der Waals surface area contributed by atoms with Crippen molar-refractivity contribution in [3.8, 4) is 17.6 Å². The van der Waals surface area contributed by atoms with Gasteiger partial charge in [-0.1, -0.05) is 54.6 Å². The number of anilines is 1. The van der Waals surface area contributed by atoms with Crippen LogP contribution in [-0.2, 0) is 22.7 Å². The van der Waals surface area contributed by atoms with Crippen LogP contribution < -0.4 is 19.7 Å². The summed E-state index contributed by atoms with van der Waals surface area (Å²) in [7, 11) is 1.57. The van der Waals surface area contributed by atoms with E-state index in [4.69, 9.17) is 14.7 Å². The maximum Gasteiger partial charge on any atom is 0.227 e. The van der Waals surface area contributed by atoms with E-state index >= 15 is 0 Å². The first-order chi connectivity index (χ1) is 17.1. The van der Waals surface area contributed by atoms with Gasteiger partial charge in [0, 0.05) is 31.6 Å². The normalized spacial score (nSPS) is 10.2. The number of nitriles is 1. The molecule has 0 radical (unpaired) electrons. The number of carbonyl (C=O) groups excluding carboxylic acids is 2. The molecule has 35 heavy (non-hydrogen) atoms. The predicted octanol–water partition coefficient (Wildman–Crippen LogP) is 4.62. The van der Waals surface area contributed by atoms with E-state index in [-0.39, 0.29) is 31.1 Å². The summed E-state index contributed by atoms with van der Waals surface area (Å²) in [6.07, 6.45) is 0.339. The summed E-state index contributed by atoms with van der Waals surface area (Å²) in [4.78, 5) is 26.7. The van der Waals surface area contributed by atoms with Crippen molar-refractivity contribution >= 4 is 17.5 Å². The minimum absolute atomic E-state index is 0.0573. The third kappa shape index (κ3) is 7.90. The molecule has 180 valence electrons. The minimum Gasteiger partial charge on any atom is -0.493 e. The number of carbonyl (C=O) groups is 2. The Hall–Kier alpha value is -4.31. The molecule has 0 aliphatic carbocycles. The monoisotopic (exact) mass is 471 g/mol. The van der Waals surface area contributed by atoms with Crippen LogP contribution >= 0.6 is 0 Å². The van der Waals surface area contributed by atoms with Gasteiger partial charge in [0.15, 0.2) is 11.5 Å². The van der Waals surface area contributed by atoms with Gasteiger partial charge in [0.05, 0.1) is 19.6 Å². The molecule has 0 saturated carbocycles. The first kappa shape index (κ1) is 25.3. The van der Waals surface area contributed by atoms with Gasteiger partial charge >= 0.3 is 0 Å². The first-order valence-electron chi connectivity index (χ1n) is 11.4. The number of amides is 2. The van der Waals surface area contributed by atoms with Gasteiger partial charge in [-0.05, 0) is 35.4 Å². The Morgan fingerprint density at radius 1 is 0.914 bits per heavy atom. The molecule has 1 N–H and O–H groups in total. The van der Waals surface area contributed by atoms with Crippen molar-refractivity contribution in [2.45, 2.75) is 32.4 Å². The fourth-order valence-electron chi connectivity index (χ4n) is 3.49. The number of benzene rings is 3. The van der Waals surface area contributed by atoms with Crippen LogP contribution in [0, 0.1) is 11.3 Å². The van der Waals surface area contributed by atoms with E-state index in [0.717, 1.165) is 16.8 Å². The van der Waals surface area contributed by atoms with Crippen LogP contribution in [0.1, 0.15) is 30.4 Å². The molecule has 0 fully saturated rings. The van der Waals surface area contributed by atoms with Crippen molar-refractivity contribution in [1.82, 2.24) is 5.32 Å². The quantitative estimate of drug-likeness (QED) is 0.416. The lowest BCUT2D eigenvalue weighted by Crippen LogP contribution is -2.33. The summed E-state index contributed by atoms with van der Waals surface area (Å²) >= 11 is 0. The fourth-order valence-corrected chi connectivity index (χ4v) is 3.49. The zero-order valence-electron chi connectivity index (χ0n) is 19.8. The van der Waals surface area contributed by atoms with Crippen molar-refractivity contribution in [1.29, 1.82) is 5.26 Å². The highest BCUT2D eigenvalue weighted by Gasteiger charge is 2.17. The highest BCUT2D eigenvalue weighted by molar-refractivity contribution is 5.95. The summed E-state index contributed by atoms with van der Waals surface area (Å²) in [6.45, 7) is 1.02. The van der Waals surface area contributed by atoms with Crippen molar-refractivity contribution < 1.29 is 19.1 Å². The molecule has 0 aliphatic heterocycles. The maximum atomic E-state index is 12.7. The molecule has 3 rings (SSSR count). The lowest BCUT2D eigenvalue weighted by molar-refractivity contribution is -0.125. The molecule has 0 aliphatic rings. The van der Waals surface area contributed by atoms with Gasteiger partial charge in [-0.3, -0.25) is 9.59 Å². The van der Waals surface area contributed by atoms with Crippen LogP contribution in [-0.4, -0.2) is 25.5 Å². The lowest BCUT2D eigenvalue weighted by Gasteiger charge is -2.21. The summed E-state index contributed by atoms with van der Waals surface area (Å²) in [5.41, 5.74) is 2.63. The number of ether oxygens (including phenoxy) is 2. The third-order valence-electron chi connectivity index (χ3n) is 5.34. The molecule has 7 heteroatoms. The average molecular weight is 472 g/mol. The standard InChI is InChI=1S/C28H29N3O4/c1-34-26-19-23(13-14-25(26)35-21-22-9-4-2-5-10-22)20-30-27(32)15-16-28(33)31(18-8-17-29)24-11-6-3-7-12-24/h2-7,9-14,19H,8,15-16,18,20-21H2,1H3,(H,30,32). The highest BCUT2D eigenvalue weighted by atomic mass is 16.5. The second-order valence-corrected chi connectivity index (χ2v) is 7.83. The topological polar surface area (TPSA) is 91.7 Å². The lowest BCUT2D eigenvalue weighted by atomic mass is 10.2. The second kappa shape index (κ2) is 13.4. The van der Waals surface area contributed by atoms with Gasteiger partial charge in [0.25, 0.3) is 0 Å². The maximum absolute atomic E-state index is 12.7. The molecule has 7 nitrogen and oxygen atoms in total. The van der Waals surface area contributed by atoms with Gasteiger partial charge in [-0.15, -0.1) is 0 Å². The summed E-state index contributed by atoms with van der Waals surface area (Å²) < 4.78 is 11.3. The van der Waals surface area contributed by atoms with E-state index in [1.807, 2.05) is 78.9 Å². The van der Waals surface area contributed by atoms with Crippen molar-refractivity contribution in [3.63, 3.8) is 0 Å². The van der Waals surface area contributed by atoms with Gasteiger partial charge in [0.1, 0.15) is 6.61 Å². The van der Waals surface area contributed by atoms with Gasteiger partial charge in [0.2, 0.25) is 11.8 Å². The number of para-hydroxylation sites is 1. The summed E-state index contributed by atoms with van der Waals surface area (Å²) in [6, 6.07) is 26.6. The molecule has 3 aromatic carbocycles. The number of rotatable bonds is 12. The zero-order valence-corrected chi connectivity index (χ0v) is 19.8. The van der Waals surface area contributed by atoms with E-state index < -0.39 is 0 Å². The van der Waals surface area contributed by atoms with Gasteiger partial charge in [-0.25, -0.2) is 0 Å². The Bertz CT molecular complexity index is 1140. The average Bonchev–Trinajstić information content (AvgIpc) is 2.91. The summed E-state index contributed by atoms with van der Waals surface area (Å²) in [5.74, 6) is 0.785. The predicted molar refractivity (Wildman–Crippen MR) is 134 cm³/mol. The number of nitrogens with zero attached hydrogens (tertiary/aromatic N) is 2. The first-order valence-corrected chi connectivity index (χ1v) is 11.4. The molecule has 3 aromatic rings. The minimum atomic E-state index is -0.227. The van der Waals surface area contributed by atoms with Crippen LogP contribution in [0.2, 0.25) is 0 Å².